The summed E-state index contributed by atoms with van der Waals surface area (Å²) in [5.74, 6) is 1.39. The minimum absolute atomic E-state index is 0.498. The number of nitrogens with zero attached hydrogens (tertiary/aromatic N) is 1. The first-order valence-corrected chi connectivity index (χ1v) is 4.74. The highest BCUT2D eigenvalue weighted by molar-refractivity contribution is 7.98. The SMILES string of the molecule is O=C=NCSCc1ccccc1. The van der Waals surface area contributed by atoms with Crippen LogP contribution in [0.5, 0.6) is 0 Å². The standard InChI is InChI=1S/C9H9NOS/c11-7-10-8-12-6-9-4-2-1-3-5-9/h1-5H,6,8H2. The largest absolute Gasteiger partial charge is 0.235 e. The molecule has 0 atom stereocenters. The average molecular weight is 179 g/mol. The molecule has 2 nitrogen and oxygen atoms in total. The molecule has 0 unspecified atom stereocenters. The Balaban J connectivity index is 2.29. The number of carbonyl (C=O) groups excluding carboxylic acids is 1. The van der Waals surface area contributed by atoms with Gasteiger partial charge < -0.3 is 0 Å². The van der Waals surface area contributed by atoms with Crippen LogP contribution in [-0.4, -0.2) is 12.0 Å². The van der Waals surface area contributed by atoms with Crippen LogP contribution < -0.4 is 0 Å². The normalized spacial score (nSPS) is 9.00. The van der Waals surface area contributed by atoms with Crippen molar-refractivity contribution in [2.75, 3.05) is 5.88 Å². The van der Waals surface area contributed by atoms with Gasteiger partial charge in [0.05, 0.1) is 5.88 Å². The minimum Gasteiger partial charge on any atom is -0.211 e. The van der Waals surface area contributed by atoms with E-state index < -0.39 is 0 Å². The Morgan fingerprint density at radius 3 is 2.75 bits per heavy atom. The molecule has 0 N–H and O–H groups in total. The Morgan fingerprint density at radius 1 is 1.33 bits per heavy atom. The van der Waals surface area contributed by atoms with Crippen LogP contribution in [0.4, 0.5) is 0 Å². The lowest BCUT2D eigenvalue weighted by atomic mass is 10.2. The predicted octanol–water partition coefficient (Wildman–Crippen LogP) is 2.21. The van der Waals surface area contributed by atoms with Gasteiger partial charge in [0.2, 0.25) is 6.08 Å². The molecule has 12 heavy (non-hydrogen) atoms. The van der Waals surface area contributed by atoms with Gasteiger partial charge in [-0.3, -0.25) is 0 Å². The number of hydrogen-bond acceptors (Lipinski definition) is 3. The van der Waals surface area contributed by atoms with Crippen molar-refractivity contribution in [3.05, 3.63) is 35.9 Å². The molecule has 1 aromatic carbocycles. The number of benzene rings is 1. The van der Waals surface area contributed by atoms with E-state index in [4.69, 9.17) is 0 Å². The van der Waals surface area contributed by atoms with E-state index in [0.29, 0.717) is 5.88 Å². The number of hydrogen-bond donors (Lipinski definition) is 0. The van der Waals surface area contributed by atoms with E-state index in [1.54, 1.807) is 11.8 Å². The Hall–Kier alpha value is -1.05. The van der Waals surface area contributed by atoms with E-state index >= 15 is 0 Å². The van der Waals surface area contributed by atoms with Crippen molar-refractivity contribution in [1.82, 2.24) is 0 Å². The fourth-order valence-corrected chi connectivity index (χ4v) is 1.47. The van der Waals surface area contributed by atoms with Crippen molar-refractivity contribution in [2.24, 2.45) is 4.99 Å². The molecule has 0 aliphatic heterocycles. The molecule has 0 amide bonds. The van der Waals surface area contributed by atoms with E-state index in [1.165, 1.54) is 11.6 Å². The summed E-state index contributed by atoms with van der Waals surface area (Å²) in [6.07, 6.45) is 1.51. The molecule has 0 saturated carbocycles. The van der Waals surface area contributed by atoms with E-state index in [1.807, 2.05) is 18.2 Å². The quantitative estimate of drug-likeness (QED) is 0.403. The van der Waals surface area contributed by atoms with Gasteiger partial charge in [0, 0.05) is 5.75 Å². The fourth-order valence-electron chi connectivity index (χ4n) is 0.810. The van der Waals surface area contributed by atoms with Crippen LogP contribution in [-0.2, 0) is 10.5 Å². The summed E-state index contributed by atoms with van der Waals surface area (Å²) >= 11 is 1.60. The van der Waals surface area contributed by atoms with Crippen LogP contribution in [0, 0.1) is 0 Å². The van der Waals surface area contributed by atoms with Crippen LogP contribution in [0.15, 0.2) is 35.3 Å². The maximum Gasteiger partial charge on any atom is 0.235 e. The molecule has 0 saturated heterocycles. The molecule has 0 fully saturated rings. The van der Waals surface area contributed by atoms with Gasteiger partial charge in [-0.25, -0.2) is 4.79 Å². The molecule has 0 heterocycles. The Labute approximate surface area is 75.7 Å². The molecule has 0 aliphatic rings. The van der Waals surface area contributed by atoms with Crippen molar-refractivity contribution >= 4 is 17.8 Å². The summed E-state index contributed by atoms with van der Waals surface area (Å²) in [6.45, 7) is 0. The van der Waals surface area contributed by atoms with Crippen molar-refractivity contribution in [1.29, 1.82) is 0 Å². The van der Waals surface area contributed by atoms with Gasteiger partial charge in [0.25, 0.3) is 0 Å². The first kappa shape index (κ1) is 9.04. The highest BCUT2D eigenvalue weighted by Gasteiger charge is 1.89. The molecule has 0 radical (unpaired) electrons. The highest BCUT2D eigenvalue weighted by atomic mass is 32.2. The second-order valence-corrected chi connectivity index (χ2v) is 3.17. The van der Waals surface area contributed by atoms with E-state index in [2.05, 4.69) is 17.1 Å². The first-order chi connectivity index (χ1) is 5.93. The Bertz CT molecular complexity index is 267. The van der Waals surface area contributed by atoms with Crippen molar-refractivity contribution in [3.8, 4) is 0 Å². The van der Waals surface area contributed by atoms with Gasteiger partial charge >= 0.3 is 0 Å². The third kappa shape index (κ3) is 3.37. The smallest absolute Gasteiger partial charge is 0.211 e. The van der Waals surface area contributed by atoms with Crippen LogP contribution in [0.25, 0.3) is 0 Å². The third-order valence-electron chi connectivity index (χ3n) is 1.33. The van der Waals surface area contributed by atoms with Gasteiger partial charge in [-0.05, 0) is 5.56 Å². The number of rotatable bonds is 4. The molecule has 0 spiro atoms. The second-order valence-electron chi connectivity index (χ2n) is 2.21. The van der Waals surface area contributed by atoms with Crippen LogP contribution in [0.1, 0.15) is 5.56 Å². The van der Waals surface area contributed by atoms with Gasteiger partial charge in [-0.15, -0.1) is 11.8 Å². The second kappa shape index (κ2) is 5.58. The molecule has 1 aromatic rings. The summed E-state index contributed by atoms with van der Waals surface area (Å²) < 4.78 is 0. The first-order valence-electron chi connectivity index (χ1n) is 3.59. The van der Waals surface area contributed by atoms with Gasteiger partial charge in [0.15, 0.2) is 0 Å². The summed E-state index contributed by atoms with van der Waals surface area (Å²) in [5, 5.41) is 0. The average Bonchev–Trinajstić information content (AvgIpc) is 2.14. The maximum atomic E-state index is 9.71. The number of aliphatic imine (C=N–C) groups is 1. The van der Waals surface area contributed by atoms with E-state index in [9.17, 15) is 4.79 Å². The van der Waals surface area contributed by atoms with Crippen molar-refractivity contribution in [2.45, 2.75) is 5.75 Å². The monoisotopic (exact) mass is 179 g/mol. The van der Waals surface area contributed by atoms with Crippen LogP contribution in [0.3, 0.4) is 0 Å². The zero-order valence-electron chi connectivity index (χ0n) is 6.56. The van der Waals surface area contributed by atoms with Crippen molar-refractivity contribution in [3.63, 3.8) is 0 Å². The molecule has 1 rings (SSSR count). The zero-order chi connectivity index (χ0) is 8.65. The molecule has 0 aliphatic carbocycles. The topological polar surface area (TPSA) is 29.4 Å². The predicted molar refractivity (Wildman–Crippen MR) is 50.7 cm³/mol. The fraction of sp³-hybridized carbons (Fsp3) is 0.222. The summed E-state index contributed by atoms with van der Waals surface area (Å²) in [7, 11) is 0. The molecule has 62 valence electrons. The lowest BCUT2D eigenvalue weighted by Crippen LogP contribution is -1.79. The summed E-state index contributed by atoms with van der Waals surface area (Å²) in [6, 6.07) is 10.1. The van der Waals surface area contributed by atoms with Gasteiger partial charge in [0.1, 0.15) is 0 Å². The van der Waals surface area contributed by atoms with Gasteiger partial charge in [-0.1, -0.05) is 30.3 Å². The lowest BCUT2D eigenvalue weighted by Gasteiger charge is -1.96. The van der Waals surface area contributed by atoms with Gasteiger partial charge in [-0.2, -0.15) is 4.99 Å². The third-order valence-corrected chi connectivity index (χ3v) is 2.18. The number of thioether (sulfide) groups is 1. The van der Waals surface area contributed by atoms with Crippen molar-refractivity contribution < 1.29 is 4.79 Å². The lowest BCUT2D eigenvalue weighted by molar-refractivity contribution is 0.564. The molecule has 0 bridgehead atoms. The van der Waals surface area contributed by atoms with Crippen LogP contribution in [0.2, 0.25) is 0 Å². The minimum atomic E-state index is 0.498. The Kier molecular flexibility index (Phi) is 4.21. The van der Waals surface area contributed by atoms with E-state index in [-0.39, 0.29) is 0 Å². The number of isocyanates is 1. The summed E-state index contributed by atoms with van der Waals surface area (Å²) in [5.41, 5.74) is 1.25. The molecular weight excluding hydrogens is 170 g/mol. The highest BCUT2D eigenvalue weighted by Crippen LogP contribution is 2.10. The molecule has 0 aromatic heterocycles. The summed E-state index contributed by atoms with van der Waals surface area (Å²) in [4.78, 5) is 13.2. The zero-order valence-corrected chi connectivity index (χ0v) is 7.38. The Morgan fingerprint density at radius 2 is 2.08 bits per heavy atom. The maximum absolute atomic E-state index is 9.71. The molecule has 3 heteroatoms. The van der Waals surface area contributed by atoms with E-state index in [0.717, 1.165) is 5.75 Å². The molecular formula is C9H9NOS. The van der Waals surface area contributed by atoms with Crippen LogP contribution >= 0.6 is 11.8 Å².